The summed E-state index contributed by atoms with van der Waals surface area (Å²) in [6.45, 7) is 0. The lowest BCUT2D eigenvalue weighted by atomic mass is 10.2. The number of carbonyl (C=O) groups is 1. The lowest BCUT2D eigenvalue weighted by Crippen LogP contribution is -2.12. The number of benzene rings is 1. The number of pyridine rings is 1. The van der Waals surface area contributed by atoms with Gasteiger partial charge in [0.2, 0.25) is 5.95 Å². The Hall–Kier alpha value is -2.23. The molecule has 2 aromatic rings. The van der Waals surface area contributed by atoms with Gasteiger partial charge in [-0.25, -0.2) is 4.98 Å². The zero-order valence-electron chi connectivity index (χ0n) is 8.35. The van der Waals surface area contributed by atoms with Crippen LogP contribution >= 0.6 is 0 Å². The summed E-state index contributed by atoms with van der Waals surface area (Å²) in [5, 5.41) is 2.65. The van der Waals surface area contributed by atoms with Crippen LogP contribution in [-0.4, -0.2) is 10.9 Å². The first-order chi connectivity index (χ1) is 7.75. The summed E-state index contributed by atoms with van der Waals surface area (Å²) in [5.41, 5.74) is 0.918. The maximum Gasteiger partial charge on any atom is 0.255 e. The van der Waals surface area contributed by atoms with Gasteiger partial charge >= 0.3 is 0 Å². The average Bonchev–Trinajstić information content (AvgIpc) is 2.30. The van der Waals surface area contributed by atoms with Crippen LogP contribution in [0.4, 0.5) is 10.1 Å². The Morgan fingerprint density at radius 2 is 1.94 bits per heavy atom. The number of rotatable bonds is 2. The molecule has 4 heteroatoms. The van der Waals surface area contributed by atoms with Crippen molar-refractivity contribution in [3.05, 3.63) is 60.2 Å². The van der Waals surface area contributed by atoms with Gasteiger partial charge in [-0.3, -0.25) is 4.79 Å². The van der Waals surface area contributed by atoms with Gasteiger partial charge in [0, 0.05) is 23.5 Å². The standard InChI is InChI=1S/C12H9FN2O/c13-11-8-9(6-7-14-11)12(16)15-10-4-2-1-3-5-10/h1-8H,(H,15,16). The molecule has 3 nitrogen and oxygen atoms in total. The highest BCUT2D eigenvalue weighted by Crippen LogP contribution is 2.08. The quantitative estimate of drug-likeness (QED) is 0.783. The minimum atomic E-state index is -0.666. The van der Waals surface area contributed by atoms with E-state index in [2.05, 4.69) is 10.3 Å². The molecule has 0 aliphatic rings. The second-order valence-electron chi connectivity index (χ2n) is 3.19. The number of nitrogens with zero attached hydrogens (tertiary/aromatic N) is 1. The Morgan fingerprint density at radius 1 is 1.19 bits per heavy atom. The summed E-state index contributed by atoms with van der Waals surface area (Å²) in [6, 6.07) is 11.5. The molecule has 0 bridgehead atoms. The Balaban J connectivity index is 2.15. The molecule has 1 aromatic carbocycles. The van der Waals surface area contributed by atoms with Crippen molar-refractivity contribution in [3.8, 4) is 0 Å². The van der Waals surface area contributed by atoms with Crippen LogP contribution in [0.1, 0.15) is 10.4 Å². The summed E-state index contributed by atoms with van der Waals surface area (Å²) in [6.07, 6.45) is 1.26. The Morgan fingerprint density at radius 3 is 2.62 bits per heavy atom. The van der Waals surface area contributed by atoms with Gasteiger partial charge in [-0.1, -0.05) is 18.2 Å². The number of hydrogen-bond donors (Lipinski definition) is 1. The van der Waals surface area contributed by atoms with Gasteiger partial charge in [-0.15, -0.1) is 0 Å². The lowest BCUT2D eigenvalue weighted by Gasteiger charge is -2.04. The van der Waals surface area contributed by atoms with E-state index in [0.29, 0.717) is 5.69 Å². The number of carbonyl (C=O) groups excluding carboxylic acids is 1. The van der Waals surface area contributed by atoms with Crippen LogP contribution in [0.15, 0.2) is 48.7 Å². The summed E-state index contributed by atoms with van der Waals surface area (Å²) in [4.78, 5) is 15.0. The van der Waals surface area contributed by atoms with E-state index >= 15 is 0 Å². The zero-order chi connectivity index (χ0) is 11.4. The van der Waals surface area contributed by atoms with E-state index in [1.165, 1.54) is 12.3 Å². The van der Waals surface area contributed by atoms with Gasteiger partial charge in [0.25, 0.3) is 5.91 Å². The Bertz CT molecular complexity index is 499. The number of anilines is 1. The molecule has 1 N–H and O–H groups in total. The molecule has 0 aliphatic heterocycles. The van der Waals surface area contributed by atoms with Crippen molar-refractivity contribution in [1.82, 2.24) is 4.98 Å². The van der Waals surface area contributed by atoms with Crippen LogP contribution in [0, 0.1) is 5.95 Å². The number of aromatic nitrogens is 1. The van der Waals surface area contributed by atoms with Crippen LogP contribution in [0.25, 0.3) is 0 Å². The predicted octanol–water partition coefficient (Wildman–Crippen LogP) is 2.47. The Labute approximate surface area is 92.0 Å². The number of amides is 1. The Kier molecular flexibility index (Phi) is 2.91. The fraction of sp³-hybridized carbons (Fsp3) is 0. The molecule has 80 valence electrons. The van der Waals surface area contributed by atoms with Crippen molar-refractivity contribution in [2.75, 3.05) is 5.32 Å². The molecule has 0 fully saturated rings. The van der Waals surface area contributed by atoms with Gasteiger partial charge in [-0.05, 0) is 18.2 Å². The molecule has 0 saturated carbocycles. The first-order valence-electron chi connectivity index (χ1n) is 4.73. The van der Waals surface area contributed by atoms with Crippen LogP contribution < -0.4 is 5.32 Å². The summed E-state index contributed by atoms with van der Waals surface area (Å²) in [5.74, 6) is -1.02. The molecule has 1 amide bonds. The molecule has 0 atom stereocenters. The van der Waals surface area contributed by atoms with Gasteiger partial charge in [0.05, 0.1) is 0 Å². The van der Waals surface area contributed by atoms with Crippen molar-refractivity contribution >= 4 is 11.6 Å². The van der Waals surface area contributed by atoms with E-state index in [1.54, 1.807) is 12.1 Å². The van der Waals surface area contributed by atoms with Gasteiger partial charge in [0.1, 0.15) is 0 Å². The maximum atomic E-state index is 12.8. The monoisotopic (exact) mass is 216 g/mol. The number of nitrogens with one attached hydrogen (secondary N) is 1. The minimum Gasteiger partial charge on any atom is -0.322 e. The lowest BCUT2D eigenvalue weighted by molar-refractivity contribution is 0.102. The number of halogens is 1. The van der Waals surface area contributed by atoms with Crippen molar-refractivity contribution in [3.63, 3.8) is 0 Å². The topological polar surface area (TPSA) is 42.0 Å². The highest BCUT2D eigenvalue weighted by molar-refractivity contribution is 6.04. The van der Waals surface area contributed by atoms with Gasteiger partial charge in [0.15, 0.2) is 0 Å². The highest BCUT2D eigenvalue weighted by atomic mass is 19.1. The van der Waals surface area contributed by atoms with Crippen LogP contribution in [0.3, 0.4) is 0 Å². The van der Waals surface area contributed by atoms with Crippen molar-refractivity contribution in [2.45, 2.75) is 0 Å². The molecule has 0 radical (unpaired) electrons. The first kappa shape index (κ1) is 10.3. The minimum absolute atomic E-state index is 0.247. The fourth-order valence-electron chi connectivity index (χ4n) is 1.27. The SMILES string of the molecule is O=C(Nc1ccccc1)c1ccnc(F)c1. The third-order valence-corrected chi connectivity index (χ3v) is 2.02. The number of para-hydroxylation sites is 1. The smallest absolute Gasteiger partial charge is 0.255 e. The first-order valence-corrected chi connectivity index (χ1v) is 4.73. The average molecular weight is 216 g/mol. The molecule has 2 rings (SSSR count). The fourth-order valence-corrected chi connectivity index (χ4v) is 1.27. The van der Waals surface area contributed by atoms with Gasteiger partial charge in [-0.2, -0.15) is 4.39 Å². The van der Waals surface area contributed by atoms with E-state index in [4.69, 9.17) is 0 Å². The second-order valence-corrected chi connectivity index (χ2v) is 3.19. The summed E-state index contributed by atoms with van der Waals surface area (Å²) in [7, 11) is 0. The zero-order valence-corrected chi connectivity index (χ0v) is 8.35. The predicted molar refractivity (Wildman–Crippen MR) is 58.6 cm³/mol. The van der Waals surface area contributed by atoms with E-state index < -0.39 is 5.95 Å². The highest BCUT2D eigenvalue weighted by Gasteiger charge is 2.06. The van der Waals surface area contributed by atoms with E-state index in [1.807, 2.05) is 18.2 Å². The van der Waals surface area contributed by atoms with Crippen LogP contribution in [0.5, 0.6) is 0 Å². The molecular formula is C12H9FN2O. The van der Waals surface area contributed by atoms with Crippen molar-refractivity contribution in [2.24, 2.45) is 0 Å². The summed E-state index contributed by atoms with van der Waals surface area (Å²) < 4.78 is 12.8. The molecule has 0 aliphatic carbocycles. The molecule has 1 heterocycles. The molecule has 16 heavy (non-hydrogen) atoms. The third-order valence-electron chi connectivity index (χ3n) is 2.02. The van der Waals surface area contributed by atoms with Crippen LogP contribution in [0.2, 0.25) is 0 Å². The van der Waals surface area contributed by atoms with E-state index in [0.717, 1.165) is 6.07 Å². The van der Waals surface area contributed by atoms with Crippen LogP contribution in [-0.2, 0) is 0 Å². The molecular weight excluding hydrogens is 207 g/mol. The van der Waals surface area contributed by atoms with Crippen molar-refractivity contribution < 1.29 is 9.18 Å². The molecule has 0 spiro atoms. The van der Waals surface area contributed by atoms with Gasteiger partial charge < -0.3 is 5.32 Å². The second kappa shape index (κ2) is 4.53. The normalized spacial score (nSPS) is 9.81. The molecule has 0 unspecified atom stereocenters. The van der Waals surface area contributed by atoms with E-state index in [9.17, 15) is 9.18 Å². The third kappa shape index (κ3) is 2.42. The largest absolute Gasteiger partial charge is 0.322 e. The maximum absolute atomic E-state index is 12.8. The molecule has 1 aromatic heterocycles. The number of hydrogen-bond acceptors (Lipinski definition) is 2. The van der Waals surface area contributed by atoms with E-state index in [-0.39, 0.29) is 11.5 Å². The molecule has 0 saturated heterocycles. The van der Waals surface area contributed by atoms with Crippen molar-refractivity contribution in [1.29, 1.82) is 0 Å². The summed E-state index contributed by atoms with van der Waals surface area (Å²) >= 11 is 0.